The van der Waals surface area contributed by atoms with Crippen LogP contribution in [0.25, 0.3) is 0 Å². The maximum Gasteiger partial charge on any atom is 0.303 e. The fraction of sp³-hybridized carbons (Fsp3) is 0.875. The second kappa shape index (κ2) is 4.72. The second-order valence-electron chi connectivity index (χ2n) is 3.22. The molecule has 12 heavy (non-hydrogen) atoms. The lowest BCUT2D eigenvalue weighted by atomic mass is 9.95. The Labute approximate surface area is 76.7 Å². The van der Waals surface area contributed by atoms with Crippen molar-refractivity contribution in [2.75, 3.05) is 11.5 Å². The van der Waals surface area contributed by atoms with Gasteiger partial charge in [-0.25, -0.2) is 0 Å². The third kappa shape index (κ3) is 3.03. The van der Waals surface area contributed by atoms with E-state index in [1.807, 2.05) is 11.8 Å². The number of carbonyl (C=O) groups is 1. The van der Waals surface area contributed by atoms with Gasteiger partial charge in [0.25, 0.3) is 0 Å². The summed E-state index contributed by atoms with van der Waals surface area (Å²) >= 11 is 1.89. The molecule has 1 heterocycles. The molecule has 0 unspecified atom stereocenters. The van der Waals surface area contributed by atoms with Gasteiger partial charge in [-0.2, -0.15) is 11.8 Å². The summed E-state index contributed by atoms with van der Waals surface area (Å²) in [5.74, 6) is 1.87. The molecular weight excluding hydrogens is 174 g/mol. The van der Waals surface area contributed by atoms with Crippen molar-refractivity contribution in [2.24, 2.45) is 11.7 Å². The van der Waals surface area contributed by atoms with Crippen LogP contribution in [0.1, 0.15) is 19.3 Å². The molecule has 1 saturated heterocycles. The molecule has 0 aromatic rings. The summed E-state index contributed by atoms with van der Waals surface area (Å²) < 4.78 is 0. The van der Waals surface area contributed by atoms with Crippen LogP contribution < -0.4 is 5.73 Å². The van der Waals surface area contributed by atoms with E-state index in [1.165, 1.54) is 0 Å². The van der Waals surface area contributed by atoms with Gasteiger partial charge in [-0.05, 0) is 30.3 Å². The van der Waals surface area contributed by atoms with Crippen LogP contribution in [0.5, 0.6) is 0 Å². The summed E-state index contributed by atoms with van der Waals surface area (Å²) in [6, 6.07) is 0.227. The van der Waals surface area contributed by atoms with Crippen LogP contribution in [-0.4, -0.2) is 28.6 Å². The standard InChI is InChI=1S/C8H15NO2S/c9-7-3-4-12-5-6(7)1-2-8(10)11/h6-7H,1-5,9H2,(H,10,11)/t6-,7-/m0/s1. The van der Waals surface area contributed by atoms with Gasteiger partial charge in [0.15, 0.2) is 0 Å². The minimum absolute atomic E-state index is 0.227. The summed E-state index contributed by atoms with van der Waals surface area (Å²) in [6.45, 7) is 0. The van der Waals surface area contributed by atoms with Crippen molar-refractivity contribution in [3.63, 3.8) is 0 Å². The highest BCUT2D eigenvalue weighted by atomic mass is 32.2. The summed E-state index contributed by atoms with van der Waals surface area (Å²) in [6.07, 6.45) is 2.04. The molecule has 3 N–H and O–H groups in total. The van der Waals surface area contributed by atoms with Crippen LogP contribution in [0, 0.1) is 5.92 Å². The molecule has 0 bridgehead atoms. The zero-order valence-corrected chi connectivity index (χ0v) is 7.85. The second-order valence-corrected chi connectivity index (χ2v) is 4.37. The molecular formula is C8H15NO2S. The van der Waals surface area contributed by atoms with Crippen LogP contribution in [0.2, 0.25) is 0 Å². The molecule has 4 heteroatoms. The molecule has 0 aromatic carbocycles. The molecule has 1 rings (SSSR count). The molecule has 0 spiro atoms. The normalized spacial score (nSPS) is 30.1. The first-order valence-electron chi connectivity index (χ1n) is 4.25. The molecule has 1 fully saturated rings. The van der Waals surface area contributed by atoms with E-state index in [4.69, 9.17) is 10.8 Å². The minimum atomic E-state index is -0.710. The number of carboxylic acid groups (broad SMARTS) is 1. The van der Waals surface area contributed by atoms with Gasteiger partial charge in [0, 0.05) is 12.5 Å². The first-order chi connectivity index (χ1) is 5.70. The number of carboxylic acids is 1. The number of thioether (sulfide) groups is 1. The van der Waals surface area contributed by atoms with E-state index in [-0.39, 0.29) is 12.5 Å². The molecule has 0 saturated carbocycles. The smallest absolute Gasteiger partial charge is 0.303 e. The van der Waals surface area contributed by atoms with Gasteiger partial charge in [-0.15, -0.1) is 0 Å². The SMILES string of the molecule is N[C@H]1CCSC[C@@H]1CCC(=O)O. The lowest BCUT2D eigenvalue weighted by Crippen LogP contribution is -2.35. The van der Waals surface area contributed by atoms with E-state index in [9.17, 15) is 4.79 Å². The van der Waals surface area contributed by atoms with Gasteiger partial charge < -0.3 is 10.8 Å². The lowest BCUT2D eigenvalue weighted by molar-refractivity contribution is -0.137. The van der Waals surface area contributed by atoms with Gasteiger partial charge in [0.1, 0.15) is 0 Å². The average molecular weight is 189 g/mol. The van der Waals surface area contributed by atoms with Crippen molar-refractivity contribution in [1.29, 1.82) is 0 Å². The zero-order chi connectivity index (χ0) is 8.97. The Balaban J connectivity index is 2.24. The van der Waals surface area contributed by atoms with E-state index >= 15 is 0 Å². The molecule has 0 aliphatic carbocycles. The molecule has 70 valence electrons. The van der Waals surface area contributed by atoms with E-state index in [2.05, 4.69) is 0 Å². The fourth-order valence-corrected chi connectivity index (χ4v) is 2.74. The van der Waals surface area contributed by atoms with E-state index in [0.29, 0.717) is 5.92 Å². The van der Waals surface area contributed by atoms with Crippen LogP contribution in [0.4, 0.5) is 0 Å². The highest BCUT2D eigenvalue weighted by Crippen LogP contribution is 2.25. The highest BCUT2D eigenvalue weighted by Gasteiger charge is 2.22. The van der Waals surface area contributed by atoms with Crippen molar-refractivity contribution >= 4 is 17.7 Å². The van der Waals surface area contributed by atoms with Crippen molar-refractivity contribution in [1.82, 2.24) is 0 Å². The van der Waals surface area contributed by atoms with E-state index in [0.717, 1.165) is 24.3 Å². The predicted molar refractivity (Wildman–Crippen MR) is 50.3 cm³/mol. The van der Waals surface area contributed by atoms with Gasteiger partial charge in [0.2, 0.25) is 0 Å². The quantitative estimate of drug-likeness (QED) is 0.693. The highest BCUT2D eigenvalue weighted by molar-refractivity contribution is 7.99. The monoisotopic (exact) mass is 189 g/mol. The first-order valence-corrected chi connectivity index (χ1v) is 5.40. The molecule has 1 aliphatic rings. The number of rotatable bonds is 3. The van der Waals surface area contributed by atoms with Gasteiger partial charge in [-0.3, -0.25) is 4.79 Å². The van der Waals surface area contributed by atoms with Crippen molar-refractivity contribution in [3.05, 3.63) is 0 Å². The molecule has 1 aliphatic heterocycles. The summed E-state index contributed by atoms with van der Waals surface area (Å²) in [7, 11) is 0. The Bertz CT molecular complexity index is 163. The largest absolute Gasteiger partial charge is 0.481 e. The molecule has 0 aromatic heterocycles. The van der Waals surface area contributed by atoms with Crippen LogP contribution in [0.3, 0.4) is 0 Å². The third-order valence-electron chi connectivity index (χ3n) is 2.26. The third-order valence-corrected chi connectivity index (χ3v) is 3.45. The number of hydrogen-bond donors (Lipinski definition) is 2. The van der Waals surface area contributed by atoms with E-state index < -0.39 is 5.97 Å². The summed E-state index contributed by atoms with van der Waals surface area (Å²) in [4.78, 5) is 10.3. The summed E-state index contributed by atoms with van der Waals surface area (Å²) in [5, 5.41) is 8.48. The molecule has 3 nitrogen and oxygen atoms in total. The maximum atomic E-state index is 10.3. The Hall–Kier alpha value is -0.220. The topological polar surface area (TPSA) is 63.3 Å². The Morgan fingerprint density at radius 2 is 2.42 bits per heavy atom. The lowest BCUT2D eigenvalue weighted by Gasteiger charge is -2.27. The number of aliphatic carboxylic acids is 1. The summed E-state index contributed by atoms with van der Waals surface area (Å²) in [5.41, 5.74) is 5.86. The molecule has 2 atom stereocenters. The van der Waals surface area contributed by atoms with Crippen LogP contribution >= 0.6 is 11.8 Å². The molecule has 0 amide bonds. The number of nitrogens with two attached hydrogens (primary N) is 1. The zero-order valence-electron chi connectivity index (χ0n) is 7.03. The predicted octanol–water partition coefficient (Wildman–Crippen LogP) is 0.932. The van der Waals surface area contributed by atoms with Gasteiger partial charge in [-0.1, -0.05) is 0 Å². The van der Waals surface area contributed by atoms with Crippen LogP contribution in [0.15, 0.2) is 0 Å². The van der Waals surface area contributed by atoms with E-state index in [1.54, 1.807) is 0 Å². The van der Waals surface area contributed by atoms with Crippen molar-refractivity contribution in [2.45, 2.75) is 25.3 Å². The van der Waals surface area contributed by atoms with Crippen molar-refractivity contribution < 1.29 is 9.90 Å². The Morgan fingerprint density at radius 1 is 1.67 bits per heavy atom. The average Bonchev–Trinajstić information content (AvgIpc) is 2.03. The first kappa shape index (κ1) is 9.86. The number of hydrogen-bond acceptors (Lipinski definition) is 3. The fourth-order valence-electron chi connectivity index (χ4n) is 1.42. The van der Waals surface area contributed by atoms with Crippen molar-refractivity contribution in [3.8, 4) is 0 Å². The molecule has 0 radical (unpaired) electrons. The van der Waals surface area contributed by atoms with Gasteiger partial charge in [0.05, 0.1) is 0 Å². The van der Waals surface area contributed by atoms with Crippen LogP contribution in [-0.2, 0) is 4.79 Å². The maximum absolute atomic E-state index is 10.3. The Morgan fingerprint density at radius 3 is 3.00 bits per heavy atom. The van der Waals surface area contributed by atoms with Gasteiger partial charge >= 0.3 is 5.97 Å². The minimum Gasteiger partial charge on any atom is -0.481 e. The Kier molecular flexibility index (Phi) is 3.88.